The Morgan fingerprint density at radius 3 is 2.30 bits per heavy atom. The first-order valence-corrected chi connectivity index (χ1v) is 12.7. The van der Waals surface area contributed by atoms with Gasteiger partial charge in [0.1, 0.15) is 17.4 Å². The van der Waals surface area contributed by atoms with Crippen molar-refractivity contribution in [2.75, 3.05) is 13.7 Å². The van der Waals surface area contributed by atoms with E-state index in [9.17, 15) is 13.2 Å². The molecule has 0 radical (unpaired) electrons. The van der Waals surface area contributed by atoms with Gasteiger partial charge in [-0.25, -0.2) is 8.42 Å². The third-order valence-electron chi connectivity index (χ3n) is 5.53. The van der Waals surface area contributed by atoms with Gasteiger partial charge in [-0.1, -0.05) is 48.9 Å². The Morgan fingerprint density at radius 1 is 1.03 bits per heavy atom. The molecule has 0 saturated carbocycles. The van der Waals surface area contributed by atoms with Crippen molar-refractivity contribution < 1.29 is 22.7 Å². The number of esters is 1. The number of methoxy groups -OCH3 is 1. The van der Waals surface area contributed by atoms with Crippen molar-refractivity contribution >= 4 is 22.1 Å². The highest BCUT2D eigenvalue weighted by Crippen LogP contribution is 2.32. The quantitative estimate of drug-likeness (QED) is 0.560. The first-order chi connectivity index (χ1) is 15.6. The van der Waals surface area contributed by atoms with E-state index in [1.807, 2.05) is 42.5 Å². The second-order valence-corrected chi connectivity index (χ2v) is 11.1. The molecule has 0 aromatic heterocycles. The van der Waals surface area contributed by atoms with E-state index in [-0.39, 0.29) is 17.4 Å². The Morgan fingerprint density at radius 2 is 1.70 bits per heavy atom. The monoisotopic (exact) mass is 471 g/mol. The highest BCUT2D eigenvalue weighted by atomic mass is 32.2. The number of carbonyl (C=O) groups excluding carboxylic acids is 1. The highest BCUT2D eigenvalue weighted by Gasteiger charge is 2.43. The van der Waals surface area contributed by atoms with Crippen molar-refractivity contribution in [3.8, 4) is 5.75 Å². The Bertz CT molecular complexity index is 1060. The second-order valence-electron chi connectivity index (χ2n) is 9.20. The zero-order valence-electron chi connectivity index (χ0n) is 19.7. The summed E-state index contributed by atoms with van der Waals surface area (Å²) in [4.78, 5) is 13.5. The number of ether oxygens (including phenoxy) is 2. The van der Waals surface area contributed by atoms with Crippen LogP contribution in [0.25, 0.3) is 6.08 Å². The number of hydrogen-bond acceptors (Lipinski definition) is 5. The molecule has 2 unspecified atom stereocenters. The van der Waals surface area contributed by atoms with Crippen LogP contribution in [0.3, 0.4) is 0 Å². The Hall–Kier alpha value is -2.64. The van der Waals surface area contributed by atoms with E-state index in [0.717, 1.165) is 12.0 Å². The fraction of sp³-hybridized carbons (Fsp3) is 0.423. The molecule has 2 aromatic rings. The number of rotatable bonds is 6. The van der Waals surface area contributed by atoms with Crippen LogP contribution in [0.15, 0.2) is 65.6 Å². The van der Waals surface area contributed by atoms with Crippen LogP contribution in [-0.4, -0.2) is 44.0 Å². The molecule has 0 N–H and O–H groups in total. The minimum atomic E-state index is -3.93. The van der Waals surface area contributed by atoms with Crippen LogP contribution in [0.2, 0.25) is 0 Å². The third kappa shape index (κ3) is 6.45. The summed E-state index contributed by atoms with van der Waals surface area (Å²) in [6, 6.07) is 15.1. The van der Waals surface area contributed by atoms with E-state index >= 15 is 0 Å². The Labute approximate surface area is 197 Å². The van der Waals surface area contributed by atoms with Crippen molar-refractivity contribution in [2.24, 2.45) is 5.92 Å². The van der Waals surface area contributed by atoms with Gasteiger partial charge < -0.3 is 9.47 Å². The Kier molecular flexibility index (Phi) is 7.97. The van der Waals surface area contributed by atoms with Crippen molar-refractivity contribution in [3.05, 3.63) is 66.2 Å². The minimum absolute atomic E-state index is 0.129. The summed E-state index contributed by atoms with van der Waals surface area (Å²) >= 11 is 0. The van der Waals surface area contributed by atoms with E-state index < -0.39 is 27.6 Å². The normalized spacial score (nSPS) is 20.4. The van der Waals surface area contributed by atoms with Crippen LogP contribution in [0, 0.1) is 5.92 Å². The van der Waals surface area contributed by atoms with Crippen molar-refractivity contribution in [3.63, 3.8) is 0 Å². The molecule has 1 fully saturated rings. The summed E-state index contributed by atoms with van der Waals surface area (Å²) in [5, 5.41) is 0. The maximum absolute atomic E-state index is 13.7. The summed E-state index contributed by atoms with van der Waals surface area (Å²) in [5.41, 5.74) is 0.265. The molecule has 0 bridgehead atoms. The Balaban J connectivity index is 2.02. The lowest BCUT2D eigenvalue weighted by Crippen LogP contribution is -2.50. The largest absolute Gasteiger partial charge is 0.497 e. The van der Waals surface area contributed by atoms with E-state index in [1.165, 1.54) is 23.5 Å². The zero-order chi connectivity index (χ0) is 24.1. The molecule has 2 atom stereocenters. The molecular formula is C26H33NO5S. The molecule has 33 heavy (non-hydrogen) atoms. The van der Waals surface area contributed by atoms with Gasteiger partial charge in [-0.05, 0) is 63.4 Å². The first-order valence-electron chi connectivity index (χ1n) is 11.2. The molecule has 1 heterocycles. The van der Waals surface area contributed by atoms with Gasteiger partial charge in [0.2, 0.25) is 10.0 Å². The molecule has 3 rings (SSSR count). The summed E-state index contributed by atoms with van der Waals surface area (Å²) in [5.74, 6) is -0.267. The van der Waals surface area contributed by atoms with E-state index in [4.69, 9.17) is 9.47 Å². The number of nitrogens with zero attached hydrogens (tertiary/aromatic N) is 1. The van der Waals surface area contributed by atoms with E-state index in [0.29, 0.717) is 18.6 Å². The zero-order valence-corrected chi connectivity index (χ0v) is 20.5. The minimum Gasteiger partial charge on any atom is -0.497 e. The number of benzene rings is 2. The van der Waals surface area contributed by atoms with Gasteiger partial charge in [-0.15, -0.1) is 0 Å². The molecule has 1 aliphatic heterocycles. The van der Waals surface area contributed by atoms with Crippen molar-refractivity contribution in [2.45, 2.75) is 56.6 Å². The lowest BCUT2D eigenvalue weighted by Gasteiger charge is -2.33. The van der Waals surface area contributed by atoms with Gasteiger partial charge in [0, 0.05) is 12.5 Å². The fourth-order valence-electron chi connectivity index (χ4n) is 3.97. The van der Waals surface area contributed by atoms with Gasteiger partial charge in [0.05, 0.1) is 12.0 Å². The molecule has 6 nitrogen and oxygen atoms in total. The smallest absolute Gasteiger partial charge is 0.325 e. The second kappa shape index (κ2) is 10.5. The molecule has 1 saturated heterocycles. The maximum Gasteiger partial charge on any atom is 0.325 e. The average Bonchev–Trinajstić information content (AvgIpc) is 3.00. The number of hydrogen-bond donors (Lipinski definition) is 0. The summed E-state index contributed by atoms with van der Waals surface area (Å²) in [6.45, 7) is 5.63. The number of carbonyl (C=O) groups is 1. The van der Waals surface area contributed by atoms with E-state index in [2.05, 4.69) is 0 Å². The van der Waals surface area contributed by atoms with Gasteiger partial charge in [-0.2, -0.15) is 4.31 Å². The van der Waals surface area contributed by atoms with Gasteiger partial charge in [-0.3, -0.25) is 4.79 Å². The summed E-state index contributed by atoms with van der Waals surface area (Å²) < 4.78 is 39.6. The fourth-order valence-corrected chi connectivity index (χ4v) is 5.63. The average molecular weight is 472 g/mol. The molecule has 178 valence electrons. The maximum atomic E-state index is 13.7. The molecule has 7 heteroatoms. The standard InChI is InChI=1S/C26H33NO5S/c1-26(2,3)32-25(28)24-21(14-13-20-10-6-5-7-11-20)12-8-9-19-27(24)33(29,30)23-17-15-22(31-4)16-18-23/h5-7,10-11,13-18,21,24H,8-9,12,19H2,1-4H3/b14-13+. The van der Waals surface area contributed by atoms with Crippen LogP contribution >= 0.6 is 0 Å². The van der Waals surface area contributed by atoms with Crippen LogP contribution in [0.5, 0.6) is 5.75 Å². The van der Waals surface area contributed by atoms with Gasteiger partial charge in [0.25, 0.3) is 0 Å². The SMILES string of the molecule is COc1ccc(S(=O)(=O)N2CCCCC(/C=C/c3ccccc3)C2C(=O)OC(C)(C)C)cc1. The molecule has 0 spiro atoms. The van der Waals surface area contributed by atoms with E-state index in [1.54, 1.807) is 32.9 Å². The summed E-state index contributed by atoms with van der Waals surface area (Å²) in [7, 11) is -2.40. The van der Waals surface area contributed by atoms with Gasteiger partial charge >= 0.3 is 5.97 Å². The number of sulfonamides is 1. The molecular weight excluding hydrogens is 438 g/mol. The van der Waals surface area contributed by atoms with Crippen LogP contribution in [0.4, 0.5) is 0 Å². The third-order valence-corrected chi connectivity index (χ3v) is 7.43. The topological polar surface area (TPSA) is 72.9 Å². The first kappa shape index (κ1) is 25.0. The van der Waals surface area contributed by atoms with Crippen LogP contribution < -0.4 is 4.74 Å². The van der Waals surface area contributed by atoms with Crippen LogP contribution in [-0.2, 0) is 19.6 Å². The molecule has 1 aliphatic rings. The van der Waals surface area contributed by atoms with Gasteiger partial charge in [0.15, 0.2) is 0 Å². The predicted molar refractivity (Wildman–Crippen MR) is 129 cm³/mol. The lowest BCUT2D eigenvalue weighted by molar-refractivity contribution is -0.160. The molecule has 2 aromatic carbocycles. The molecule has 0 aliphatic carbocycles. The van der Waals surface area contributed by atoms with Crippen molar-refractivity contribution in [1.29, 1.82) is 0 Å². The highest BCUT2D eigenvalue weighted by molar-refractivity contribution is 7.89. The summed E-state index contributed by atoms with van der Waals surface area (Å²) in [6.07, 6.45) is 6.08. The molecule has 0 amide bonds. The predicted octanol–water partition coefficient (Wildman–Crippen LogP) is 4.91. The van der Waals surface area contributed by atoms with Crippen molar-refractivity contribution in [1.82, 2.24) is 4.31 Å². The lowest BCUT2D eigenvalue weighted by atomic mass is 9.94. The van der Waals surface area contributed by atoms with Crippen LogP contribution in [0.1, 0.15) is 45.6 Å².